The number of Topliss-reactive ketones (excluding diaryl/α,β-unsaturated/α-hetero) is 1. The minimum Gasteiger partial charge on any atom is -0.295 e. The van der Waals surface area contributed by atoms with E-state index >= 15 is 0 Å². The summed E-state index contributed by atoms with van der Waals surface area (Å²) in [4.78, 5) is 26.7. The second-order valence-electron chi connectivity index (χ2n) is 4.08. The average Bonchev–Trinajstić information content (AvgIpc) is 2.82. The molecule has 2 heterocycles. The van der Waals surface area contributed by atoms with Crippen molar-refractivity contribution in [1.82, 2.24) is 5.32 Å². The van der Waals surface area contributed by atoms with E-state index in [-0.39, 0.29) is 6.29 Å². The van der Waals surface area contributed by atoms with E-state index in [2.05, 4.69) is 26.2 Å². The van der Waals surface area contributed by atoms with E-state index in [9.17, 15) is 18.0 Å². The highest BCUT2D eigenvalue weighted by atomic mass is 79.9. The van der Waals surface area contributed by atoms with E-state index in [4.69, 9.17) is 4.55 Å². The number of ketones is 1. The van der Waals surface area contributed by atoms with Gasteiger partial charge in [0.1, 0.15) is 6.04 Å². The van der Waals surface area contributed by atoms with Gasteiger partial charge >= 0.3 is 10.1 Å². The maximum atomic E-state index is 11.6. The molecule has 1 aliphatic rings. The summed E-state index contributed by atoms with van der Waals surface area (Å²) in [5.74, 6) is -0.850. The number of rotatable bonds is 4. The van der Waals surface area contributed by atoms with Crippen LogP contribution >= 0.6 is 27.3 Å². The van der Waals surface area contributed by atoms with Gasteiger partial charge in [0.15, 0.2) is 6.29 Å². The third-order valence-corrected chi connectivity index (χ3v) is 5.04. The van der Waals surface area contributed by atoms with E-state index in [1.807, 2.05) is 5.38 Å². The summed E-state index contributed by atoms with van der Waals surface area (Å²) in [5.41, 5.74) is -1.33. The van der Waals surface area contributed by atoms with Crippen molar-refractivity contribution in [3.63, 3.8) is 0 Å². The molecule has 1 aromatic heterocycles. The number of nitrogens with one attached hydrogen (secondary N) is 1. The van der Waals surface area contributed by atoms with Gasteiger partial charge in [0.05, 0.1) is 0 Å². The molecule has 0 amide bonds. The zero-order chi connectivity index (χ0) is 15.6. The summed E-state index contributed by atoms with van der Waals surface area (Å²) in [6.45, 7) is 0. The van der Waals surface area contributed by atoms with E-state index in [1.165, 1.54) is 11.3 Å². The van der Waals surface area contributed by atoms with Gasteiger partial charge in [-0.15, -0.1) is 11.3 Å². The van der Waals surface area contributed by atoms with Crippen LogP contribution in [-0.2, 0) is 19.7 Å². The number of hydrogen-bond donors (Lipinski definition) is 2. The Bertz CT molecular complexity index is 738. The van der Waals surface area contributed by atoms with E-state index in [0.29, 0.717) is 5.57 Å². The topological polar surface area (TPSA) is 113 Å². The second-order valence-corrected chi connectivity index (χ2v) is 7.41. The van der Waals surface area contributed by atoms with Crippen molar-refractivity contribution in [1.29, 1.82) is 0 Å². The summed E-state index contributed by atoms with van der Waals surface area (Å²) < 4.78 is 32.0. The third-order valence-electron chi connectivity index (χ3n) is 2.58. The molecule has 21 heavy (non-hydrogen) atoms. The van der Waals surface area contributed by atoms with Crippen molar-refractivity contribution < 1.29 is 22.6 Å². The fourth-order valence-electron chi connectivity index (χ4n) is 1.68. The molecule has 7 nitrogen and oxygen atoms in total. The zero-order valence-electron chi connectivity index (χ0n) is 10.3. The molecule has 10 heteroatoms. The number of aliphatic imine (C=N–C) groups is 1. The normalized spacial score (nSPS) is 24.2. The van der Waals surface area contributed by atoms with E-state index in [0.717, 1.165) is 15.6 Å². The Labute approximate surface area is 132 Å². The van der Waals surface area contributed by atoms with Crippen molar-refractivity contribution in [2.75, 3.05) is 0 Å². The highest BCUT2D eigenvalue weighted by Gasteiger charge is 2.33. The fourth-order valence-corrected chi connectivity index (χ4v) is 3.59. The van der Waals surface area contributed by atoms with Gasteiger partial charge in [-0.2, -0.15) is 8.42 Å². The van der Waals surface area contributed by atoms with Gasteiger partial charge in [0.2, 0.25) is 11.3 Å². The molecule has 0 saturated carbocycles. The van der Waals surface area contributed by atoms with Gasteiger partial charge in [-0.3, -0.25) is 24.5 Å². The van der Waals surface area contributed by atoms with Crippen LogP contribution in [0.1, 0.15) is 4.88 Å². The first-order valence-electron chi connectivity index (χ1n) is 5.51. The molecule has 0 radical (unpaired) electrons. The summed E-state index contributed by atoms with van der Waals surface area (Å²) in [6, 6.07) is 0.621. The molecule has 0 aromatic carbocycles. The van der Waals surface area contributed by atoms with Gasteiger partial charge < -0.3 is 0 Å². The minimum atomic E-state index is -4.50. The van der Waals surface area contributed by atoms with Crippen molar-refractivity contribution >= 4 is 61.7 Å². The quantitative estimate of drug-likeness (QED) is 0.446. The van der Waals surface area contributed by atoms with Crippen molar-refractivity contribution in [3.8, 4) is 0 Å². The van der Waals surface area contributed by atoms with E-state index in [1.54, 1.807) is 12.1 Å². The number of carbonyl (C=O) groups is 2. The number of aldehydes is 1. The molecular formula is C11H9BrN2O5S2. The first kappa shape index (κ1) is 16.2. The Morgan fingerprint density at radius 3 is 2.76 bits per heavy atom. The number of carbonyl (C=O) groups excluding carboxylic acids is 2. The molecule has 2 N–H and O–H groups in total. The zero-order valence-corrected chi connectivity index (χ0v) is 13.5. The monoisotopic (exact) mass is 392 g/mol. The number of nitrogens with zero attached hydrogens (tertiary/aromatic N) is 1. The van der Waals surface area contributed by atoms with Gasteiger partial charge in [-0.05, 0) is 33.6 Å². The van der Waals surface area contributed by atoms with Gasteiger partial charge in [-0.25, -0.2) is 0 Å². The predicted molar refractivity (Wildman–Crippen MR) is 81.8 cm³/mol. The summed E-state index contributed by atoms with van der Waals surface area (Å²) in [6.07, 6.45) is 2.86. The molecule has 112 valence electrons. The molecule has 0 saturated heterocycles. The first-order chi connectivity index (χ1) is 9.81. The van der Waals surface area contributed by atoms with Crippen LogP contribution in [0.3, 0.4) is 0 Å². The van der Waals surface area contributed by atoms with Gasteiger partial charge in [0, 0.05) is 20.9 Å². The molecule has 1 aliphatic heterocycles. The molecule has 1 aromatic rings. The lowest BCUT2D eigenvalue weighted by molar-refractivity contribution is -0.130. The summed E-state index contributed by atoms with van der Waals surface area (Å²) in [7, 11) is -4.50. The Morgan fingerprint density at radius 2 is 2.24 bits per heavy atom. The largest absolute Gasteiger partial charge is 0.302 e. The maximum absolute atomic E-state index is 11.6. The third kappa shape index (κ3) is 3.92. The maximum Gasteiger partial charge on any atom is 0.302 e. The number of halogens is 1. The smallest absolute Gasteiger partial charge is 0.295 e. The number of hydrogen-bond acceptors (Lipinski definition) is 7. The van der Waals surface area contributed by atoms with Crippen LogP contribution in [0.2, 0.25) is 0 Å². The van der Waals surface area contributed by atoms with Crippen molar-refractivity contribution in [2.24, 2.45) is 4.99 Å². The van der Waals surface area contributed by atoms with E-state index < -0.39 is 27.4 Å². The van der Waals surface area contributed by atoms with Crippen LogP contribution < -0.4 is 5.32 Å². The standard InChI is InChI=1S/C11H9BrN2O5S2/c12-7-2-8(20-5-7)1-6-3-13-11(21(17,18)19)14-10(6)9(16)4-15/h1-5,10-11,14H,(H,17,18,19). The van der Waals surface area contributed by atoms with Crippen molar-refractivity contribution in [3.05, 3.63) is 26.4 Å². The highest BCUT2D eigenvalue weighted by Crippen LogP contribution is 2.23. The first-order valence-corrected chi connectivity index (χ1v) is 8.69. The Kier molecular flexibility index (Phi) is 4.84. The highest BCUT2D eigenvalue weighted by molar-refractivity contribution is 9.10. The van der Waals surface area contributed by atoms with Crippen LogP contribution in [0.25, 0.3) is 6.08 Å². The minimum absolute atomic E-state index is 0.0933. The lowest BCUT2D eigenvalue weighted by Crippen LogP contribution is -2.50. The van der Waals surface area contributed by atoms with Crippen LogP contribution in [0.5, 0.6) is 0 Å². The lowest BCUT2D eigenvalue weighted by Gasteiger charge is -2.24. The summed E-state index contributed by atoms with van der Waals surface area (Å²) in [5, 5.41) is 4.16. The summed E-state index contributed by atoms with van der Waals surface area (Å²) >= 11 is 4.68. The van der Waals surface area contributed by atoms with Crippen LogP contribution in [0.15, 0.2) is 26.5 Å². The number of thiophene rings is 1. The molecule has 2 atom stereocenters. The second kappa shape index (κ2) is 6.28. The molecule has 2 rings (SSSR count). The molecule has 0 aliphatic carbocycles. The van der Waals surface area contributed by atoms with Gasteiger partial charge in [0.25, 0.3) is 0 Å². The molecule has 0 fully saturated rings. The Balaban J connectivity index is 2.40. The molecule has 2 unspecified atom stereocenters. The predicted octanol–water partition coefficient (Wildman–Crippen LogP) is 0.876. The molecular weight excluding hydrogens is 384 g/mol. The van der Waals surface area contributed by atoms with Gasteiger partial charge in [-0.1, -0.05) is 0 Å². The lowest BCUT2D eigenvalue weighted by atomic mass is 10.0. The van der Waals surface area contributed by atoms with Crippen LogP contribution in [-0.4, -0.2) is 42.8 Å². The fraction of sp³-hybridized carbons (Fsp3) is 0.182. The Morgan fingerprint density at radius 1 is 1.52 bits per heavy atom. The average molecular weight is 393 g/mol. The Hall–Kier alpha value is -1.20. The molecule has 0 bridgehead atoms. The van der Waals surface area contributed by atoms with Crippen LogP contribution in [0.4, 0.5) is 0 Å². The molecule has 0 spiro atoms. The van der Waals surface area contributed by atoms with Crippen molar-refractivity contribution in [2.45, 2.75) is 11.5 Å². The van der Waals surface area contributed by atoms with Crippen LogP contribution in [0, 0.1) is 0 Å². The SMILES string of the molecule is O=CC(=O)C1NC(S(=O)(=O)O)N=CC1=Cc1cc(Br)cs1.